The SMILES string of the molecule is COC(=O)c1ccc([C@H]2CN(C(=O)OC(C)(C)C)CC[C@@H]2Oc2c(OC(F)F)cc(C)c3c2ccn3C(=O)OC(C)(C)C)cc1. The quantitative estimate of drug-likeness (QED) is 0.207. The van der Waals surface area contributed by atoms with Crippen LogP contribution in [0.2, 0.25) is 0 Å². The van der Waals surface area contributed by atoms with Crippen molar-refractivity contribution in [1.29, 1.82) is 0 Å². The second kappa shape index (κ2) is 12.9. The fraction of sp³-hybridized carbons (Fsp3) is 0.485. The van der Waals surface area contributed by atoms with Gasteiger partial charge in [0.05, 0.1) is 18.2 Å². The molecule has 0 spiro atoms. The van der Waals surface area contributed by atoms with Crippen molar-refractivity contribution in [2.24, 2.45) is 0 Å². The lowest BCUT2D eigenvalue weighted by atomic mass is 9.87. The number of alkyl halides is 2. The van der Waals surface area contributed by atoms with Crippen molar-refractivity contribution in [3.05, 3.63) is 59.3 Å². The number of esters is 1. The Labute approximate surface area is 261 Å². The highest BCUT2D eigenvalue weighted by molar-refractivity contribution is 5.97. The highest BCUT2D eigenvalue weighted by atomic mass is 19.3. The molecule has 1 amide bonds. The molecule has 10 nitrogen and oxygen atoms in total. The van der Waals surface area contributed by atoms with Crippen molar-refractivity contribution in [2.75, 3.05) is 20.2 Å². The van der Waals surface area contributed by atoms with Gasteiger partial charge in [-0.2, -0.15) is 8.78 Å². The summed E-state index contributed by atoms with van der Waals surface area (Å²) in [7, 11) is 1.29. The maximum absolute atomic E-state index is 13.6. The minimum Gasteiger partial charge on any atom is -0.485 e. The number of rotatable bonds is 6. The number of fused-ring (bicyclic) bond motifs is 1. The lowest BCUT2D eigenvalue weighted by Crippen LogP contribution is -2.48. The highest BCUT2D eigenvalue weighted by Crippen LogP contribution is 2.43. The third kappa shape index (κ3) is 8.03. The minimum absolute atomic E-state index is 0.0325. The summed E-state index contributed by atoms with van der Waals surface area (Å²) in [5.41, 5.74) is 0.531. The van der Waals surface area contributed by atoms with E-state index < -0.39 is 48.0 Å². The van der Waals surface area contributed by atoms with Gasteiger partial charge in [-0.15, -0.1) is 0 Å². The number of likely N-dealkylation sites (tertiary alicyclic amines) is 1. The number of hydrogen-bond acceptors (Lipinski definition) is 8. The zero-order valence-electron chi connectivity index (χ0n) is 26.8. The van der Waals surface area contributed by atoms with Crippen LogP contribution >= 0.6 is 0 Å². The van der Waals surface area contributed by atoms with Gasteiger partial charge in [-0.05, 0) is 83.9 Å². The van der Waals surface area contributed by atoms with Crippen LogP contribution in [0.1, 0.15) is 75.4 Å². The summed E-state index contributed by atoms with van der Waals surface area (Å²) in [4.78, 5) is 39.7. The van der Waals surface area contributed by atoms with E-state index in [1.807, 2.05) is 0 Å². The van der Waals surface area contributed by atoms with Gasteiger partial charge in [-0.1, -0.05) is 12.1 Å². The van der Waals surface area contributed by atoms with Crippen molar-refractivity contribution in [3.8, 4) is 11.5 Å². The molecule has 0 unspecified atom stereocenters. The molecule has 3 aromatic rings. The Kier molecular flexibility index (Phi) is 9.65. The number of ether oxygens (including phenoxy) is 5. The fourth-order valence-corrected chi connectivity index (χ4v) is 5.27. The van der Waals surface area contributed by atoms with Gasteiger partial charge in [0, 0.05) is 37.0 Å². The number of carbonyl (C=O) groups is 3. The predicted octanol–water partition coefficient (Wildman–Crippen LogP) is 7.29. The third-order valence-corrected chi connectivity index (χ3v) is 7.11. The lowest BCUT2D eigenvalue weighted by Gasteiger charge is -2.39. The first kappa shape index (κ1) is 33.5. The molecule has 0 radical (unpaired) electrons. The Hall–Kier alpha value is -4.35. The Balaban J connectivity index is 1.77. The van der Waals surface area contributed by atoms with E-state index in [4.69, 9.17) is 23.7 Å². The van der Waals surface area contributed by atoms with Crippen LogP contribution in [0.4, 0.5) is 18.4 Å². The van der Waals surface area contributed by atoms with E-state index in [0.717, 1.165) is 5.56 Å². The molecule has 1 fully saturated rings. The van der Waals surface area contributed by atoms with Crippen molar-refractivity contribution in [1.82, 2.24) is 9.47 Å². The number of hydrogen-bond donors (Lipinski definition) is 0. The van der Waals surface area contributed by atoms with Crippen LogP contribution in [0.3, 0.4) is 0 Å². The summed E-state index contributed by atoms with van der Waals surface area (Å²) in [5.74, 6) is -1.11. The van der Waals surface area contributed by atoms with Crippen LogP contribution in [-0.4, -0.2) is 71.7 Å². The fourth-order valence-electron chi connectivity index (χ4n) is 5.27. The number of amides is 1. The molecule has 0 saturated carbocycles. The van der Waals surface area contributed by atoms with E-state index in [0.29, 0.717) is 28.5 Å². The molecular formula is C33H40F2N2O8. The molecule has 2 heterocycles. The highest BCUT2D eigenvalue weighted by Gasteiger charge is 2.37. The molecule has 1 saturated heterocycles. The Bertz CT molecular complexity index is 1550. The van der Waals surface area contributed by atoms with E-state index in [9.17, 15) is 23.2 Å². The molecule has 1 aromatic heterocycles. The molecular weight excluding hydrogens is 590 g/mol. The monoisotopic (exact) mass is 630 g/mol. The summed E-state index contributed by atoms with van der Waals surface area (Å²) < 4.78 is 56.0. The van der Waals surface area contributed by atoms with E-state index in [2.05, 4.69) is 0 Å². The maximum atomic E-state index is 13.6. The van der Waals surface area contributed by atoms with Gasteiger partial charge >= 0.3 is 24.8 Å². The smallest absolute Gasteiger partial charge is 0.419 e. The number of aryl methyl sites for hydroxylation is 1. The molecule has 45 heavy (non-hydrogen) atoms. The number of nitrogens with zero attached hydrogens (tertiary/aromatic N) is 2. The van der Waals surface area contributed by atoms with E-state index in [1.54, 1.807) is 83.7 Å². The molecule has 244 valence electrons. The topological polar surface area (TPSA) is 106 Å². The zero-order chi connectivity index (χ0) is 33.3. The molecule has 1 aliphatic rings. The number of aromatic nitrogens is 1. The van der Waals surface area contributed by atoms with E-state index >= 15 is 0 Å². The van der Waals surface area contributed by atoms with E-state index in [-0.39, 0.29) is 24.6 Å². The van der Waals surface area contributed by atoms with Gasteiger partial charge in [0.15, 0.2) is 11.5 Å². The van der Waals surface area contributed by atoms with Crippen LogP contribution < -0.4 is 9.47 Å². The van der Waals surface area contributed by atoms with Crippen molar-refractivity contribution < 1.29 is 46.8 Å². The molecule has 0 aliphatic carbocycles. The number of carbonyl (C=O) groups excluding carboxylic acids is 3. The van der Waals surface area contributed by atoms with Crippen LogP contribution in [-0.2, 0) is 14.2 Å². The number of benzene rings is 2. The van der Waals surface area contributed by atoms with Gasteiger partial charge < -0.3 is 28.6 Å². The van der Waals surface area contributed by atoms with Crippen LogP contribution in [0.5, 0.6) is 11.5 Å². The van der Waals surface area contributed by atoms with Crippen LogP contribution in [0.25, 0.3) is 10.9 Å². The first-order chi connectivity index (χ1) is 21.0. The molecule has 2 aromatic carbocycles. The van der Waals surface area contributed by atoms with Crippen LogP contribution in [0.15, 0.2) is 42.6 Å². The van der Waals surface area contributed by atoms with Crippen molar-refractivity contribution in [3.63, 3.8) is 0 Å². The van der Waals surface area contributed by atoms with Crippen LogP contribution in [0, 0.1) is 6.92 Å². The lowest BCUT2D eigenvalue weighted by molar-refractivity contribution is -0.0528. The molecule has 0 bridgehead atoms. The van der Waals surface area contributed by atoms with Gasteiger partial charge in [-0.3, -0.25) is 4.57 Å². The first-order valence-corrected chi connectivity index (χ1v) is 14.6. The molecule has 12 heteroatoms. The second-order valence-electron chi connectivity index (χ2n) is 12.9. The van der Waals surface area contributed by atoms with Gasteiger partial charge in [0.1, 0.15) is 17.3 Å². The number of methoxy groups -OCH3 is 1. The average Bonchev–Trinajstić information content (AvgIpc) is 3.39. The predicted molar refractivity (Wildman–Crippen MR) is 162 cm³/mol. The molecule has 4 rings (SSSR count). The third-order valence-electron chi connectivity index (χ3n) is 7.11. The number of halogens is 2. The van der Waals surface area contributed by atoms with Gasteiger partial charge in [-0.25, -0.2) is 14.4 Å². The van der Waals surface area contributed by atoms with Crippen molar-refractivity contribution in [2.45, 2.75) is 84.7 Å². The Morgan fingerprint density at radius 3 is 2.13 bits per heavy atom. The van der Waals surface area contributed by atoms with Gasteiger partial charge in [0.2, 0.25) is 0 Å². The average molecular weight is 631 g/mol. The van der Waals surface area contributed by atoms with Gasteiger partial charge in [0.25, 0.3) is 0 Å². The zero-order valence-corrected chi connectivity index (χ0v) is 26.8. The second-order valence-corrected chi connectivity index (χ2v) is 12.9. The standard InChI is InChI=1S/C33H40F2N2O8/c1-19-17-25(43-29(34)35)27(22-13-16-37(26(19)22)31(40)45-33(5,6)7)42-24-14-15-36(30(39)44-32(2,3)4)18-23(24)20-9-11-21(12-10-20)28(38)41-8/h9-13,16-17,23-24,29H,14-15,18H2,1-8H3/t23-,24+/m1/s1. The molecule has 1 aliphatic heterocycles. The summed E-state index contributed by atoms with van der Waals surface area (Å²) in [5, 5.41) is 0.380. The molecule has 0 N–H and O–H groups in total. The maximum Gasteiger partial charge on any atom is 0.419 e. The minimum atomic E-state index is -3.13. The summed E-state index contributed by atoms with van der Waals surface area (Å²) in [6.07, 6.45) is 0.0652. The summed E-state index contributed by atoms with van der Waals surface area (Å²) in [6.45, 7) is 9.58. The Morgan fingerprint density at radius 2 is 1.56 bits per heavy atom. The number of piperidine rings is 1. The van der Waals surface area contributed by atoms with Crippen molar-refractivity contribution >= 4 is 29.1 Å². The summed E-state index contributed by atoms with van der Waals surface area (Å²) in [6, 6.07) is 9.71. The first-order valence-electron chi connectivity index (χ1n) is 14.6. The molecule has 2 atom stereocenters. The summed E-state index contributed by atoms with van der Waals surface area (Å²) >= 11 is 0. The normalized spacial score (nSPS) is 17.3. The largest absolute Gasteiger partial charge is 0.485 e. The van der Waals surface area contributed by atoms with E-state index in [1.165, 1.54) is 23.9 Å². The Morgan fingerprint density at radius 1 is 0.933 bits per heavy atom.